The van der Waals surface area contributed by atoms with Gasteiger partial charge >= 0.3 is 5.97 Å². The van der Waals surface area contributed by atoms with Crippen LogP contribution in [0, 0.1) is 11.8 Å². The lowest BCUT2D eigenvalue weighted by molar-refractivity contribution is -0.148. The number of piperidine rings is 1. The molecule has 0 radical (unpaired) electrons. The molecule has 3 atom stereocenters. The number of carboxylic acids is 1. The molecule has 1 aliphatic carbocycles. The van der Waals surface area contributed by atoms with Crippen LogP contribution in [0.4, 0.5) is 0 Å². The van der Waals surface area contributed by atoms with E-state index in [1.807, 2.05) is 0 Å². The minimum Gasteiger partial charge on any atom is -0.481 e. The SMILES string of the molecule is COCCNC(=O)[C@@H]1CN(C2(CC(=O)O)CCC2)C[C@H]2OCC[C@H]21. The van der Waals surface area contributed by atoms with Gasteiger partial charge in [0.2, 0.25) is 5.91 Å². The first-order chi connectivity index (χ1) is 11.6. The maximum atomic E-state index is 12.7. The van der Waals surface area contributed by atoms with Gasteiger partial charge in [0.25, 0.3) is 0 Å². The van der Waals surface area contributed by atoms with Crippen LogP contribution in [0.1, 0.15) is 32.1 Å². The van der Waals surface area contributed by atoms with E-state index in [2.05, 4.69) is 10.2 Å². The fourth-order valence-electron chi connectivity index (χ4n) is 4.52. The van der Waals surface area contributed by atoms with Crippen molar-refractivity contribution in [1.29, 1.82) is 0 Å². The Morgan fingerprint density at radius 2 is 2.17 bits per heavy atom. The smallest absolute Gasteiger partial charge is 0.305 e. The molecular formula is C17H28N2O5. The largest absolute Gasteiger partial charge is 0.481 e. The van der Waals surface area contributed by atoms with Gasteiger partial charge in [0.1, 0.15) is 0 Å². The second-order valence-corrected chi connectivity index (χ2v) is 7.31. The van der Waals surface area contributed by atoms with E-state index >= 15 is 0 Å². The van der Waals surface area contributed by atoms with Crippen molar-refractivity contribution in [3.05, 3.63) is 0 Å². The molecule has 1 amide bonds. The molecule has 2 saturated heterocycles. The average Bonchev–Trinajstić information content (AvgIpc) is 2.98. The van der Waals surface area contributed by atoms with Gasteiger partial charge in [0, 0.05) is 44.8 Å². The highest BCUT2D eigenvalue weighted by Gasteiger charge is 2.52. The number of likely N-dealkylation sites (tertiary alicyclic amines) is 1. The Bertz CT molecular complexity index is 480. The van der Waals surface area contributed by atoms with Crippen LogP contribution in [0.2, 0.25) is 0 Å². The first kappa shape index (κ1) is 17.6. The minimum atomic E-state index is -0.759. The third-order valence-electron chi connectivity index (χ3n) is 5.97. The number of hydrogen-bond donors (Lipinski definition) is 2. The lowest BCUT2D eigenvalue weighted by Gasteiger charge is -2.54. The molecule has 2 heterocycles. The Hall–Kier alpha value is -1.18. The predicted molar refractivity (Wildman–Crippen MR) is 86.6 cm³/mol. The molecule has 136 valence electrons. The van der Waals surface area contributed by atoms with Crippen molar-refractivity contribution in [1.82, 2.24) is 10.2 Å². The molecule has 2 N–H and O–H groups in total. The summed E-state index contributed by atoms with van der Waals surface area (Å²) in [6.45, 7) is 3.08. The van der Waals surface area contributed by atoms with E-state index in [0.29, 0.717) is 26.3 Å². The second-order valence-electron chi connectivity index (χ2n) is 7.31. The van der Waals surface area contributed by atoms with Crippen LogP contribution in [-0.4, -0.2) is 73.5 Å². The monoisotopic (exact) mass is 340 g/mol. The molecule has 2 aliphatic heterocycles. The number of carbonyl (C=O) groups is 2. The first-order valence-electron chi connectivity index (χ1n) is 8.91. The van der Waals surface area contributed by atoms with Gasteiger partial charge in [-0.1, -0.05) is 0 Å². The lowest BCUT2D eigenvalue weighted by atomic mass is 9.70. The van der Waals surface area contributed by atoms with Gasteiger partial charge in [-0.2, -0.15) is 0 Å². The number of fused-ring (bicyclic) bond motifs is 1. The average molecular weight is 340 g/mol. The zero-order chi connectivity index (χ0) is 17.2. The topological polar surface area (TPSA) is 88.1 Å². The number of carbonyl (C=O) groups excluding carboxylic acids is 1. The standard InChI is InChI=1S/C17H28N2O5/c1-23-8-6-18-16(22)13-10-19(11-14-12(13)3-7-24-14)17(4-2-5-17)9-15(20)21/h12-14H,2-11H2,1H3,(H,18,22)(H,20,21)/t12-,13+,14+/m0/s1. The number of carboxylic acid groups (broad SMARTS) is 1. The van der Waals surface area contributed by atoms with Gasteiger partial charge in [-0.25, -0.2) is 0 Å². The third-order valence-corrected chi connectivity index (χ3v) is 5.97. The Morgan fingerprint density at radius 3 is 2.79 bits per heavy atom. The van der Waals surface area contributed by atoms with Crippen molar-refractivity contribution >= 4 is 11.9 Å². The van der Waals surface area contributed by atoms with Crippen molar-refractivity contribution in [2.75, 3.05) is 40.0 Å². The van der Waals surface area contributed by atoms with Crippen LogP contribution in [0.25, 0.3) is 0 Å². The molecule has 7 heteroatoms. The first-order valence-corrected chi connectivity index (χ1v) is 8.91. The Balaban J connectivity index is 1.71. The minimum absolute atomic E-state index is 0.0436. The molecule has 1 saturated carbocycles. The maximum absolute atomic E-state index is 12.7. The number of methoxy groups -OCH3 is 1. The predicted octanol–water partition coefficient (Wildman–Crippen LogP) is 0.483. The fourth-order valence-corrected chi connectivity index (χ4v) is 4.52. The van der Waals surface area contributed by atoms with Crippen LogP contribution < -0.4 is 5.32 Å². The van der Waals surface area contributed by atoms with Crippen LogP contribution in [-0.2, 0) is 19.1 Å². The van der Waals surface area contributed by atoms with Crippen molar-refractivity contribution in [2.45, 2.75) is 43.7 Å². The quantitative estimate of drug-likeness (QED) is 0.656. The van der Waals surface area contributed by atoms with E-state index in [4.69, 9.17) is 9.47 Å². The second kappa shape index (κ2) is 7.37. The molecule has 3 aliphatic rings. The van der Waals surface area contributed by atoms with Crippen molar-refractivity contribution < 1.29 is 24.2 Å². The van der Waals surface area contributed by atoms with Crippen molar-refractivity contribution in [2.24, 2.45) is 11.8 Å². The van der Waals surface area contributed by atoms with Gasteiger partial charge in [0.15, 0.2) is 0 Å². The van der Waals surface area contributed by atoms with E-state index in [1.54, 1.807) is 7.11 Å². The molecule has 0 spiro atoms. The molecule has 7 nitrogen and oxygen atoms in total. The zero-order valence-corrected chi connectivity index (χ0v) is 14.3. The number of ether oxygens (including phenoxy) is 2. The van der Waals surface area contributed by atoms with Crippen LogP contribution >= 0.6 is 0 Å². The Morgan fingerprint density at radius 1 is 1.38 bits per heavy atom. The summed E-state index contributed by atoms with van der Waals surface area (Å²) in [6.07, 6.45) is 3.96. The van der Waals surface area contributed by atoms with Crippen LogP contribution in [0.15, 0.2) is 0 Å². The van der Waals surface area contributed by atoms with Crippen molar-refractivity contribution in [3.63, 3.8) is 0 Å². The molecule has 0 aromatic carbocycles. The van der Waals surface area contributed by atoms with E-state index in [1.165, 1.54) is 0 Å². The molecule has 24 heavy (non-hydrogen) atoms. The van der Waals surface area contributed by atoms with E-state index in [0.717, 1.165) is 32.2 Å². The van der Waals surface area contributed by atoms with E-state index in [-0.39, 0.29) is 35.8 Å². The molecule has 0 unspecified atom stereocenters. The molecule has 0 aromatic heterocycles. The summed E-state index contributed by atoms with van der Waals surface area (Å²) in [6, 6.07) is 0. The van der Waals surface area contributed by atoms with Gasteiger partial charge in [-0.15, -0.1) is 0 Å². The molecule has 0 bridgehead atoms. The van der Waals surface area contributed by atoms with Gasteiger partial charge in [-0.3, -0.25) is 14.5 Å². The Labute approximate surface area is 142 Å². The normalized spacial score (nSPS) is 32.0. The highest BCUT2D eigenvalue weighted by atomic mass is 16.5. The summed E-state index contributed by atoms with van der Waals surface area (Å²) in [4.78, 5) is 26.2. The molecule has 3 rings (SSSR count). The summed E-state index contributed by atoms with van der Waals surface area (Å²) in [7, 11) is 1.61. The number of nitrogens with one attached hydrogen (secondary N) is 1. The maximum Gasteiger partial charge on any atom is 0.305 e. The summed E-state index contributed by atoms with van der Waals surface area (Å²) in [5.41, 5.74) is -0.284. The summed E-state index contributed by atoms with van der Waals surface area (Å²) in [5, 5.41) is 12.3. The number of hydrogen-bond acceptors (Lipinski definition) is 5. The van der Waals surface area contributed by atoms with Crippen LogP contribution in [0.3, 0.4) is 0 Å². The van der Waals surface area contributed by atoms with Crippen LogP contribution in [0.5, 0.6) is 0 Å². The number of nitrogens with zero attached hydrogens (tertiary/aromatic N) is 1. The van der Waals surface area contributed by atoms with E-state index in [9.17, 15) is 14.7 Å². The van der Waals surface area contributed by atoms with Crippen molar-refractivity contribution in [3.8, 4) is 0 Å². The number of rotatable bonds is 7. The molecular weight excluding hydrogens is 312 g/mol. The fraction of sp³-hybridized carbons (Fsp3) is 0.882. The number of aliphatic carboxylic acids is 1. The highest BCUT2D eigenvalue weighted by Crippen LogP contribution is 2.45. The molecule has 0 aromatic rings. The van der Waals surface area contributed by atoms with E-state index < -0.39 is 5.97 Å². The summed E-state index contributed by atoms with van der Waals surface area (Å²) < 4.78 is 10.9. The highest BCUT2D eigenvalue weighted by molar-refractivity contribution is 5.79. The third kappa shape index (κ3) is 3.43. The number of amides is 1. The van der Waals surface area contributed by atoms with Gasteiger partial charge in [-0.05, 0) is 25.7 Å². The van der Waals surface area contributed by atoms with Gasteiger partial charge in [0.05, 0.1) is 25.0 Å². The summed E-state index contributed by atoms with van der Waals surface area (Å²) >= 11 is 0. The zero-order valence-electron chi connectivity index (χ0n) is 14.3. The Kier molecular flexibility index (Phi) is 5.42. The lowest BCUT2D eigenvalue weighted by Crippen LogP contribution is -2.63. The summed E-state index contributed by atoms with van der Waals surface area (Å²) in [5.74, 6) is -0.604. The van der Waals surface area contributed by atoms with Gasteiger partial charge < -0.3 is 19.9 Å². The molecule has 3 fully saturated rings.